The summed E-state index contributed by atoms with van der Waals surface area (Å²) in [5, 5.41) is 0.604. The van der Waals surface area contributed by atoms with Gasteiger partial charge in [0.1, 0.15) is 16.8 Å². The van der Waals surface area contributed by atoms with Crippen molar-refractivity contribution in [3.05, 3.63) is 16.5 Å². The van der Waals surface area contributed by atoms with Crippen molar-refractivity contribution < 1.29 is 0 Å². The standard InChI is InChI=1S/C13H20ClN3/c1-8(2)7-17(4)13-9(3)11(14)15-12(16-13)10-5-6-10/h8,10H,5-7H2,1-4H3. The van der Waals surface area contributed by atoms with Gasteiger partial charge in [-0.05, 0) is 25.7 Å². The van der Waals surface area contributed by atoms with Crippen LogP contribution in [0.15, 0.2) is 0 Å². The monoisotopic (exact) mass is 253 g/mol. The normalized spacial score (nSPS) is 15.4. The van der Waals surface area contributed by atoms with Gasteiger partial charge in [0, 0.05) is 25.1 Å². The van der Waals surface area contributed by atoms with Crippen molar-refractivity contribution >= 4 is 17.4 Å². The van der Waals surface area contributed by atoms with Crippen LogP contribution in [0.5, 0.6) is 0 Å². The van der Waals surface area contributed by atoms with Gasteiger partial charge in [-0.3, -0.25) is 0 Å². The van der Waals surface area contributed by atoms with Crippen LogP contribution in [0, 0.1) is 12.8 Å². The van der Waals surface area contributed by atoms with Crippen LogP contribution >= 0.6 is 11.6 Å². The van der Waals surface area contributed by atoms with E-state index in [1.54, 1.807) is 0 Å². The molecule has 1 saturated carbocycles. The van der Waals surface area contributed by atoms with E-state index in [-0.39, 0.29) is 0 Å². The van der Waals surface area contributed by atoms with Gasteiger partial charge in [0.15, 0.2) is 0 Å². The molecule has 1 fully saturated rings. The van der Waals surface area contributed by atoms with Gasteiger partial charge >= 0.3 is 0 Å². The number of rotatable bonds is 4. The van der Waals surface area contributed by atoms with E-state index in [4.69, 9.17) is 11.6 Å². The average molecular weight is 254 g/mol. The van der Waals surface area contributed by atoms with Crippen molar-refractivity contribution in [1.82, 2.24) is 9.97 Å². The molecule has 0 aliphatic heterocycles. The quantitative estimate of drug-likeness (QED) is 0.770. The first-order valence-electron chi connectivity index (χ1n) is 6.24. The third-order valence-electron chi connectivity index (χ3n) is 3.02. The summed E-state index contributed by atoms with van der Waals surface area (Å²) in [6.45, 7) is 7.39. The Morgan fingerprint density at radius 1 is 1.35 bits per heavy atom. The van der Waals surface area contributed by atoms with Crippen molar-refractivity contribution in [3.63, 3.8) is 0 Å². The number of nitrogens with zero attached hydrogens (tertiary/aromatic N) is 3. The molecule has 1 aliphatic carbocycles. The maximum absolute atomic E-state index is 6.19. The molecule has 1 aromatic heterocycles. The maximum Gasteiger partial charge on any atom is 0.137 e. The Bertz CT molecular complexity index is 413. The van der Waals surface area contributed by atoms with Gasteiger partial charge in [0.2, 0.25) is 0 Å². The van der Waals surface area contributed by atoms with Gasteiger partial charge in [0.25, 0.3) is 0 Å². The summed E-state index contributed by atoms with van der Waals surface area (Å²) < 4.78 is 0. The van der Waals surface area contributed by atoms with Crippen LogP contribution in [0.1, 0.15) is 44.0 Å². The summed E-state index contributed by atoms with van der Waals surface area (Å²) in [6.07, 6.45) is 2.40. The lowest BCUT2D eigenvalue weighted by molar-refractivity contribution is 0.632. The lowest BCUT2D eigenvalue weighted by Gasteiger charge is -2.23. The Hall–Kier alpha value is -0.830. The fourth-order valence-corrected chi connectivity index (χ4v) is 2.20. The highest BCUT2D eigenvalue weighted by atomic mass is 35.5. The number of hydrogen-bond acceptors (Lipinski definition) is 3. The van der Waals surface area contributed by atoms with E-state index in [1.165, 1.54) is 12.8 Å². The molecule has 0 unspecified atom stereocenters. The van der Waals surface area contributed by atoms with Crippen LogP contribution in [-0.2, 0) is 0 Å². The smallest absolute Gasteiger partial charge is 0.137 e. The molecule has 0 N–H and O–H groups in total. The van der Waals surface area contributed by atoms with Crippen molar-refractivity contribution in [2.45, 2.75) is 39.5 Å². The van der Waals surface area contributed by atoms with Gasteiger partial charge in [-0.2, -0.15) is 0 Å². The minimum Gasteiger partial charge on any atom is -0.359 e. The predicted molar refractivity (Wildman–Crippen MR) is 71.9 cm³/mol. The minimum atomic E-state index is 0.541. The minimum absolute atomic E-state index is 0.541. The molecule has 17 heavy (non-hydrogen) atoms. The highest BCUT2D eigenvalue weighted by molar-refractivity contribution is 6.30. The van der Waals surface area contributed by atoms with Gasteiger partial charge in [-0.15, -0.1) is 0 Å². The summed E-state index contributed by atoms with van der Waals surface area (Å²) in [7, 11) is 2.07. The molecule has 0 amide bonds. The molecule has 0 atom stereocenters. The molecule has 0 spiro atoms. The zero-order valence-corrected chi connectivity index (χ0v) is 11.8. The van der Waals surface area contributed by atoms with E-state index in [9.17, 15) is 0 Å². The highest BCUT2D eigenvalue weighted by Gasteiger charge is 2.28. The Kier molecular flexibility index (Phi) is 3.57. The summed E-state index contributed by atoms with van der Waals surface area (Å²) in [6, 6.07) is 0. The molecule has 1 aromatic rings. The van der Waals surface area contributed by atoms with Crippen molar-refractivity contribution in [1.29, 1.82) is 0 Å². The fourth-order valence-electron chi connectivity index (χ4n) is 2.02. The van der Waals surface area contributed by atoms with Crippen LogP contribution in [0.3, 0.4) is 0 Å². The molecule has 3 nitrogen and oxygen atoms in total. The number of anilines is 1. The topological polar surface area (TPSA) is 29.0 Å². The van der Waals surface area contributed by atoms with Crippen LogP contribution in [0.2, 0.25) is 5.15 Å². The second kappa shape index (κ2) is 4.81. The van der Waals surface area contributed by atoms with Crippen LogP contribution < -0.4 is 4.90 Å². The molecule has 0 aromatic carbocycles. The van der Waals surface area contributed by atoms with Crippen molar-refractivity contribution in [2.75, 3.05) is 18.5 Å². The van der Waals surface area contributed by atoms with E-state index in [0.717, 1.165) is 23.8 Å². The number of hydrogen-bond donors (Lipinski definition) is 0. The van der Waals surface area contributed by atoms with Gasteiger partial charge < -0.3 is 4.90 Å². The van der Waals surface area contributed by atoms with E-state index < -0.39 is 0 Å². The molecule has 0 saturated heterocycles. The lowest BCUT2D eigenvalue weighted by Crippen LogP contribution is -2.25. The summed E-state index contributed by atoms with van der Waals surface area (Å²) >= 11 is 6.19. The zero-order valence-electron chi connectivity index (χ0n) is 11.0. The Morgan fingerprint density at radius 3 is 2.53 bits per heavy atom. The van der Waals surface area contributed by atoms with Crippen LogP contribution in [-0.4, -0.2) is 23.6 Å². The van der Waals surface area contributed by atoms with E-state index in [2.05, 4.69) is 35.8 Å². The average Bonchev–Trinajstić information content (AvgIpc) is 3.04. The summed E-state index contributed by atoms with van der Waals surface area (Å²) in [5.41, 5.74) is 0.985. The summed E-state index contributed by atoms with van der Waals surface area (Å²) in [4.78, 5) is 11.2. The third kappa shape index (κ3) is 2.89. The number of aromatic nitrogens is 2. The molecule has 1 heterocycles. The largest absolute Gasteiger partial charge is 0.359 e. The molecule has 4 heteroatoms. The first-order valence-corrected chi connectivity index (χ1v) is 6.62. The molecular formula is C13H20ClN3. The molecule has 1 aliphatic rings. The molecule has 94 valence electrons. The zero-order chi connectivity index (χ0) is 12.6. The first-order chi connectivity index (χ1) is 7.99. The van der Waals surface area contributed by atoms with Crippen molar-refractivity contribution in [2.24, 2.45) is 5.92 Å². The first kappa shape index (κ1) is 12.6. The van der Waals surface area contributed by atoms with Gasteiger partial charge in [0.05, 0.1) is 0 Å². The third-order valence-corrected chi connectivity index (χ3v) is 3.39. The lowest BCUT2D eigenvalue weighted by atomic mass is 10.2. The van der Waals surface area contributed by atoms with Crippen LogP contribution in [0.25, 0.3) is 0 Å². The Balaban J connectivity index is 2.30. The van der Waals surface area contributed by atoms with E-state index in [1.807, 2.05) is 6.92 Å². The van der Waals surface area contributed by atoms with Gasteiger partial charge in [-0.1, -0.05) is 25.4 Å². The summed E-state index contributed by atoms with van der Waals surface area (Å²) in [5.74, 6) is 3.06. The number of halogens is 1. The Labute approximate surface area is 108 Å². The van der Waals surface area contributed by atoms with E-state index in [0.29, 0.717) is 17.0 Å². The van der Waals surface area contributed by atoms with Crippen LogP contribution in [0.4, 0.5) is 5.82 Å². The second-order valence-corrected chi connectivity index (χ2v) is 5.73. The van der Waals surface area contributed by atoms with E-state index >= 15 is 0 Å². The fraction of sp³-hybridized carbons (Fsp3) is 0.692. The predicted octanol–water partition coefficient (Wildman–Crippen LogP) is 3.41. The molecule has 0 bridgehead atoms. The molecule has 0 radical (unpaired) electrons. The maximum atomic E-state index is 6.19. The molecular weight excluding hydrogens is 234 g/mol. The molecule has 2 rings (SSSR count). The SMILES string of the molecule is Cc1c(Cl)nc(C2CC2)nc1N(C)CC(C)C. The second-order valence-electron chi connectivity index (χ2n) is 5.37. The van der Waals surface area contributed by atoms with Gasteiger partial charge in [-0.25, -0.2) is 9.97 Å². The highest BCUT2D eigenvalue weighted by Crippen LogP contribution is 2.39. The van der Waals surface area contributed by atoms with Crippen molar-refractivity contribution in [3.8, 4) is 0 Å². The Morgan fingerprint density at radius 2 is 2.00 bits per heavy atom.